The van der Waals surface area contributed by atoms with Gasteiger partial charge in [-0.1, -0.05) is 43.0 Å². The van der Waals surface area contributed by atoms with E-state index in [0.717, 1.165) is 23.4 Å². The molecule has 0 unspecified atom stereocenters. The molecule has 0 radical (unpaired) electrons. The van der Waals surface area contributed by atoms with Crippen LogP contribution in [0.15, 0.2) is 60.5 Å². The zero-order chi connectivity index (χ0) is 11.7. The molecule has 0 aliphatic carbocycles. The van der Waals surface area contributed by atoms with Gasteiger partial charge in [-0.15, -0.1) is 0 Å². The van der Waals surface area contributed by atoms with Crippen molar-refractivity contribution in [1.82, 2.24) is 5.32 Å². The van der Waals surface area contributed by atoms with Crippen LogP contribution in [0.2, 0.25) is 0 Å². The Morgan fingerprint density at radius 1 is 1.20 bits per heavy atom. The lowest BCUT2D eigenvalue weighted by Gasteiger charge is -2.09. The quantitative estimate of drug-likeness (QED) is 0.506. The highest BCUT2D eigenvalue weighted by Gasteiger charge is 1.95. The smallest absolute Gasteiger partial charge is 0.0338 e. The van der Waals surface area contributed by atoms with Crippen molar-refractivity contribution < 1.29 is 0 Å². The first kappa shape index (κ1) is 13.5. The zero-order valence-corrected chi connectivity index (χ0v) is 10.0. The van der Waals surface area contributed by atoms with Crippen LogP contribution in [0.25, 0.3) is 0 Å². The van der Waals surface area contributed by atoms with Crippen molar-refractivity contribution in [2.75, 3.05) is 0 Å². The molecule has 15 heavy (non-hydrogen) atoms. The molecular formula is C14H21N. The molecule has 0 saturated heterocycles. The lowest BCUT2D eigenvalue weighted by atomic mass is 10.2. The van der Waals surface area contributed by atoms with Crippen LogP contribution in [0.5, 0.6) is 0 Å². The lowest BCUT2D eigenvalue weighted by molar-refractivity contribution is 0.931. The first-order valence-corrected chi connectivity index (χ1v) is 5.15. The van der Waals surface area contributed by atoms with Gasteiger partial charge in [-0.05, 0) is 26.8 Å². The van der Waals surface area contributed by atoms with E-state index in [1.165, 1.54) is 0 Å². The van der Waals surface area contributed by atoms with Gasteiger partial charge in [-0.25, -0.2) is 0 Å². The average Bonchev–Trinajstić information content (AvgIpc) is 2.15. The largest absolute Gasteiger partial charge is 0.359 e. The third kappa shape index (κ3) is 7.56. The van der Waals surface area contributed by atoms with E-state index in [2.05, 4.69) is 18.5 Å². The second-order valence-corrected chi connectivity index (χ2v) is 3.49. The van der Waals surface area contributed by atoms with Gasteiger partial charge in [0.15, 0.2) is 0 Å². The van der Waals surface area contributed by atoms with Crippen LogP contribution in [-0.4, -0.2) is 0 Å². The Kier molecular flexibility index (Phi) is 7.08. The van der Waals surface area contributed by atoms with E-state index in [-0.39, 0.29) is 0 Å². The number of hydrogen-bond acceptors (Lipinski definition) is 1. The van der Waals surface area contributed by atoms with Crippen LogP contribution in [0, 0.1) is 0 Å². The molecule has 0 bridgehead atoms. The minimum atomic E-state index is 0.814. The van der Waals surface area contributed by atoms with E-state index in [9.17, 15) is 0 Å². The highest BCUT2D eigenvalue weighted by Crippen LogP contribution is 2.06. The van der Waals surface area contributed by atoms with Crippen molar-refractivity contribution in [2.45, 2.75) is 27.2 Å². The molecule has 1 nitrogen and oxygen atoms in total. The molecule has 0 rings (SSSR count). The predicted molar refractivity (Wildman–Crippen MR) is 69.4 cm³/mol. The molecule has 0 aliphatic rings. The molecule has 82 valence electrons. The maximum atomic E-state index is 3.95. The predicted octanol–water partition coefficient (Wildman–Crippen LogP) is 4.09. The van der Waals surface area contributed by atoms with Crippen molar-refractivity contribution in [2.24, 2.45) is 0 Å². The summed E-state index contributed by atoms with van der Waals surface area (Å²) in [5, 5.41) is 3.24. The molecule has 0 fully saturated rings. The first-order valence-electron chi connectivity index (χ1n) is 5.15. The maximum absolute atomic E-state index is 3.95. The Hall–Kier alpha value is -1.50. The Bertz CT molecular complexity index is 303. The molecule has 0 aliphatic heterocycles. The monoisotopic (exact) mass is 203 g/mol. The summed E-state index contributed by atoms with van der Waals surface area (Å²) >= 11 is 0. The van der Waals surface area contributed by atoms with Crippen molar-refractivity contribution in [1.29, 1.82) is 0 Å². The van der Waals surface area contributed by atoms with Crippen LogP contribution in [0.1, 0.15) is 27.2 Å². The summed E-state index contributed by atoms with van der Waals surface area (Å²) in [6.45, 7) is 13.8. The van der Waals surface area contributed by atoms with Gasteiger partial charge in [0.25, 0.3) is 0 Å². The highest BCUT2D eigenvalue weighted by molar-refractivity contribution is 5.24. The fraction of sp³-hybridized carbons (Fsp3) is 0.286. The van der Waals surface area contributed by atoms with Gasteiger partial charge in [0, 0.05) is 17.8 Å². The molecule has 0 saturated carbocycles. The topological polar surface area (TPSA) is 12.0 Å². The summed E-state index contributed by atoms with van der Waals surface area (Å²) in [7, 11) is 0. The third-order valence-corrected chi connectivity index (χ3v) is 1.73. The van der Waals surface area contributed by atoms with Gasteiger partial charge < -0.3 is 5.32 Å². The Morgan fingerprint density at radius 2 is 1.87 bits per heavy atom. The van der Waals surface area contributed by atoms with E-state index in [1.54, 1.807) is 0 Å². The number of rotatable bonds is 6. The Balaban J connectivity index is 4.23. The van der Waals surface area contributed by atoms with E-state index in [1.807, 2.05) is 51.2 Å². The standard InChI is InChI=1S/C14H21N/c1-6-8-9-10-14(7-2)15-13(5)11-12(3)4/h6-10,15H,3,5,11H2,1-2,4H3/b8-6-,10-9-,14-7+. The summed E-state index contributed by atoms with van der Waals surface area (Å²) in [4.78, 5) is 0. The molecule has 1 N–H and O–H groups in total. The Morgan fingerprint density at radius 3 is 2.33 bits per heavy atom. The molecule has 0 atom stereocenters. The van der Waals surface area contributed by atoms with Crippen molar-refractivity contribution in [3.63, 3.8) is 0 Å². The van der Waals surface area contributed by atoms with Gasteiger partial charge in [0.2, 0.25) is 0 Å². The Labute approximate surface area is 93.6 Å². The van der Waals surface area contributed by atoms with Crippen molar-refractivity contribution in [3.05, 3.63) is 60.5 Å². The molecule has 0 aromatic heterocycles. The molecule has 0 aromatic carbocycles. The third-order valence-electron chi connectivity index (χ3n) is 1.73. The van der Waals surface area contributed by atoms with Crippen LogP contribution < -0.4 is 5.32 Å². The summed E-state index contributed by atoms with van der Waals surface area (Å²) in [6, 6.07) is 0. The number of hydrogen-bond donors (Lipinski definition) is 1. The SMILES string of the molecule is C=C(C)CC(=C)NC(/C=C\C=C/C)=C/C. The van der Waals surface area contributed by atoms with Gasteiger partial charge in [0.05, 0.1) is 0 Å². The summed E-state index contributed by atoms with van der Waals surface area (Å²) < 4.78 is 0. The maximum Gasteiger partial charge on any atom is 0.0338 e. The van der Waals surface area contributed by atoms with Gasteiger partial charge in [-0.3, -0.25) is 0 Å². The van der Waals surface area contributed by atoms with E-state index in [4.69, 9.17) is 0 Å². The second-order valence-electron chi connectivity index (χ2n) is 3.49. The number of allylic oxidation sites excluding steroid dienone is 6. The molecule has 1 heteroatoms. The molecule has 0 spiro atoms. The summed E-state index contributed by atoms with van der Waals surface area (Å²) in [5.41, 5.74) is 3.14. The van der Waals surface area contributed by atoms with Gasteiger partial charge >= 0.3 is 0 Å². The van der Waals surface area contributed by atoms with E-state index >= 15 is 0 Å². The second kappa shape index (κ2) is 7.86. The minimum Gasteiger partial charge on any atom is -0.359 e. The van der Waals surface area contributed by atoms with Crippen LogP contribution in [0.3, 0.4) is 0 Å². The number of nitrogens with one attached hydrogen (secondary N) is 1. The fourth-order valence-electron chi connectivity index (χ4n) is 1.09. The normalized spacial score (nSPS) is 12.3. The van der Waals surface area contributed by atoms with E-state index < -0.39 is 0 Å². The zero-order valence-electron chi connectivity index (χ0n) is 10.0. The van der Waals surface area contributed by atoms with Gasteiger partial charge in [0.1, 0.15) is 0 Å². The highest BCUT2D eigenvalue weighted by atomic mass is 14.9. The van der Waals surface area contributed by atoms with Gasteiger partial charge in [-0.2, -0.15) is 0 Å². The molecule has 0 amide bonds. The van der Waals surface area contributed by atoms with E-state index in [0.29, 0.717) is 0 Å². The molecule has 0 heterocycles. The van der Waals surface area contributed by atoms with Crippen molar-refractivity contribution >= 4 is 0 Å². The summed E-state index contributed by atoms with van der Waals surface area (Å²) in [6.07, 6.45) is 10.8. The fourth-order valence-corrected chi connectivity index (χ4v) is 1.09. The first-order chi connectivity index (χ1) is 7.10. The van der Waals surface area contributed by atoms with Crippen molar-refractivity contribution in [3.8, 4) is 0 Å². The average molecular weight is 203 g/mol. The molecule has 0 aromatic rings. The van der Waals surface area contributed by atoms with Crippen LogP contribution in [-0.2, 0) is 0 Å². The van der Waals surface area contributed by atoms with Crippen LogP contribution >= 0.6 is 0 Å². The van der Waals surface area contributed by atoms with Crippen LogP contribution in [0.4, 0.5) is 0 Å². The lowest BCUT2D eigenvalue weighted by Crippen LogP contribution is -2.10. The minimum absolute atomic E-state index is 0.814. The molecular weight excluding hydrogens is 182 g/mol. The summed E-state index contributed by atoms with van der Waals surface area (Å²) in [5.74, 6) is 0.